The van der Waals surface area contributed by atoms with E-state index in [2.05, 4.69) is 21.9 Å². The minimum Gasteiger partial charge on any atom is -0.454 e. The van der Waals surface area contributed by atoms with Crippen LogP contribution in [0.3, 0.4) is 0 Å². The molecule has 4 rings (SSSR count). The van der Waals surface area contributed by atoms with Gasteiger partial charge >= 0.3 is 0 Å². The van der Waals surface area contributed by atoms with Crippen molar-refractivity contribution < 1.29 is 9.47 Å². The van der Waals surface area contributed by atoms with Gasteiger partial charge in [-0.2, -0.15) is 0 Å². The largest absolute Gasteiger partial charge is 0.454 e. The highest BCUT2D eigenvalue weighted by Gasteiger charge is 2.29. The van der Waals surface area contributed by atoms with Gasteiger partial charge in [-0.05, 0) is 37.9 Å². The van der Waals surface area contributed by atoms with E-state index in [-0.39, 0.29) is 0 Å². The van der Waals surface area contributed by atoms with Crippen LogP contribution in [-0.4, -0.2) is 43.9 Å². The zero-order valence-electron chi connectivity index (χ0n) is 11.2. The lowest BCUT2D eigenvalue weighted by molar-refractivity contribution is 0.174. The Morgan fingerprint density at radius 1 is 1.00 bits per heavy atom. The van der Waals surface area contributed by atoms with Gasteiger partial charge in [0.1, 0.15) is 0 Å². The van der Waals surface area contributed by atoms with Crippen molar-refractivity contribution in [3.8, 4) is 11.5 Å². The van der Waals surface area contributed by atoms with E-state index < -0.39 is 0 Å². The lowest BCUT2D eigenvalue weighted by Gasteiger charge is -2.27. The number of nitrogens with zero attached hydrogens (tertiary/aromatic N) is 2. The quantitative estimate of drug-likeness (QED) is 0.772. The summed E-state index contributed by atoms with van der Waals surface area (Å²) in [6, 6.07) is 7.08. The normalized spacial score (nSPS) is 26.3. The van der Waals surface area contributed by atoms with Gasteiger partial charge in [-0.1, -0.05) is 0 Å². The van der Waals surface area contributed by atoms with Crippen LogP contribution < -0.4 is 14.4 Å². The molecule has 1 unspecified atom stereocenters. The summed E-state index contributed by atoms with van der Waals surface area (Å²) in [5.41, 5.74) is 1.28. The zero-order valence-corrected chi connectivity index (χ0v) is 11.2. The van der Waals surface area contributed by atoms with E-state index in [1.54, 1.807) is 0 Å². The van der Waals surface area contributed by atoms with Crippen molar-refractivity contribution in [2.24, 2.45) is 0 Å². The predicted molar refractivity (Wildman–Crippen MR) is 74.0 cm³/mol. The Labute approximate surface area is 113 Å². The first kappa shape index (κ1) is 11.4. The summed E-state index contributed by atoms with van der Waals surface area (Å²) in [6.07, 6.45) is 3.96. The maximum absolute atomic E-state index is 5.49. The molecule has 3 aliphatic heterocycles. The summed E-state index contributed by atoms with van der Waals surface area (Å²) in [5, 5.41) is 0. The van der Waals surface area contributed by atoms with Gasteiger partial charge in [0.05, 0.1) is 0 Å². The Kier molecular flexibility index (Phi) is 2.76. The average molecular weight is 260 g/mol. The fourth-order valence-electron chi connectivity index (χ4n) is 3.52. The summed E-state index contributed by atoms with van der Waals surface area (Å²) in [4.78, 5) is 5.17. The lowest BCUT2D eigenvalue weighted by Crippen LogP contribution is -2.36. The van der Waals surface area contributed by atoms with Crippen molar-refractivity contribution in [1.82, 2.24) is 4.90 Å². The molecular formula is C15H20N2O2. The second-order valence-corrected chi connectivity index (χ2v) is 5.67. The van der Waals surface area contributed by atoms with Gasteiger partial charge in [0.2, 0.25) is 6.79 Å². The van der Waals surface area contributed by atoms with Crippen LogP contribution in [0.15, 0.2) is 18.2 Å². The third kappa shape index (κ3) is 2.04. The Bertz CT molecular complexity index is 477. The molecule has 1 aromatic rings. The van der Waals surface area contributed by atoms with Crippen LogP contribution in [0.4, 0.5) is 5.69 Å². The Morgan fingerprint density at radius 3 is 2.89 bits per heavy atom. The van der Waals surface area contributed by atoms with E-state index in [0.29, 0.717) is 6.79 Å². The molecule has 0 spiro atoms. The molecular weight excluding hydrogens is 240 g/mol. The number of hydrogen-bond acceptors (Lipinski definition) is 4. The molecule has 4 nitrogen and oxygen atoms in total. The van der Waals surface area contributed by atoms with Gasteiger partial charge < -0.3 is 14.4 Å². The summed E-state index contributed by atoms with van der Waals surface area (Å²) in [6.45, 7) is 5.20. The molecule has 0 aliphatic carbocycles. The van der Waals surface area contributed by atoms with E-state index in [9.17, 15) is 0 Å². The maximum Gasteiger partial charge on any atom is 0.231 e. The molecule has 0 amide bonds. The number of anilines is 1. The van der Waals surface area contributed by atoms with Crippen LogP contribution in [0.25, 0.3) is 0 Å². The first-order valence-corrected chi connectivity index (χ1v) is 7.29. The third-order valence-electron chi connectivity index (χ3n) is 4.52. The smallest absolute Gasteiger partial charge is 0.231 e. The van der Waals surface area contributed by atoms with Crippen LogP contribution in [0.1, 0.15) is 19.3 Å². The van der Waals surface area contributed by atoms with Crippen molar-refractivity contribution in [3.05, 3.63) is 18.2 Å². The van der Waals surface area contributed by atoms with Gasteiger partial charge in [-0.3, -0.25) is 4.90 Å². The molecule has 4 heteroatoms. The van der Waals surface area contributed by atoms with E-state index in [0.717, 1.165) is 30.6 Å². The van der Waals surface area contributed by atoms with Crippen molar-refractivity contribution in [1.29, 1.82) is 0 Å². The van der Waals surface area contributed by atoms with Crippen molar-refractivity contribution in [2.75, 3.05) is 37.9 Å². The number of fused-ring (bicyclic) bond motifs is 2. The molecule has 2 saturated heterocycles. The van der Waals surface area contributed by atoms with Crippen LogP contribution >= 0.6 is 0 Å². The molecule has 1 atom stereocenters. The molecule has 2 fully saturated rings. The van der Waals surface area contributed by atoms with Gasteiger partial charge in [-0.15, -0.1) is 0 Å². The number of rotatable bonds is 1. The molecule has 1 aromatic carbocycles. The fourth-order valence-corrected chi connectivity index (χ4v) is 3.52. The Morgan fingerprint density at radius 2 is 1.89 bits per heavy atom. The highest BCUT2D eigenvalue weighted by Crippen LogP contribution is 2.36. The fraction of sp³-hybridized carbons (Fsp3) is 0.600. The highest BCUT2D eigenvalue weighted by molar-refractivity contribution is 5.57. The van der Waals surface area contributed by atoms with E-state index >= 15 is 0 Å². The average Bonchev–Trinajstić information content (AvgIpc) is 3.02. The Balaban J connectivity index is 1.57. The van der Waals surface area contributed by atoms with Gasteiger partial charge in [0, 0.05) is 37.4 Å². The number of ether oxygens (including phenoxy) is 2. The van der Waals surface area contributed by atoms with E-state index in [1.165, 1.54) is 38.0 Å². The van der Waals surface area contributed by atoms with E-state index in [1.807, 2.05) is 6.07 Å². The summed E-state index contributed by atoms with van der Waals surface area (Å²) in [5.74, 6) is 1.77. The Hall–Kier alpha value is -1.42. The standard InChI is InChI=1S/C15H20N2O2/c1-3-13-10-17(8-2-7-16(13)6-1)12-4-5-14-15(9-12)19-11-18-14/h4-5,9,13H,1-3,6-8,10-11H2. The van der Waals surface area contributed by atoms with Crippen molar-refractivity contribution in [3.63, 3.8) is 0 Å². The SMILES string of the molecule is c1cc2c(cc1N1CCCN3CCCC3C1)OCO2. The first-order chi connectivity index (χ1) is 9.40. The molecule has 19 heavy (non-hydrogen) atoms. The molecule has 0 radical (unpaired) electrons. The number of hydrogen-bond donors (Lipinski definition) is 0. The second kappa shape index (κ2) is 4.60. The lowest BCUT2D eigenvalue weighted by atomic mass is 10.2. The maximum atomic E-state index is 5.49. The van der Waals surface area contributed by atoms with Crippen LogP contribution in [0, 0.1) is 0 Å². The molecule has 102 valence electrons. The second-order valence-electron chi connectivity index (χ2n) is 5.67. The zero-order chi connectivity index (χ0) is 12.7. The molecule has 3 aliphatic rings. The molecule has 0 N–H and O–H groups in total. The minimum absolute atomic E-state index is 0.356. The molecule has 0 saturated carbocycles. The third-order valence-corrected chi connectivity index (χ3v) is 4.52. The predicted octanol–water partition coefficient (Wildman–Crippen LogP) is 2.09. The molecule has 0 bridgehead atoms. The topological polar surface area (TPSA) is 24.9 Å². The van der Waals surface area contributed by atoms with Gasteiger partial charge in [0.15, 0.2) is 11.5 Å². The van der Waals surface area contributed by atoms with Crippen LogP contribution in [0.5, 0.6) is 11.5 Å². The van der Waals surface area contributed by atoms with Crippen molar-refractivity contribution in [2.45, 2.75) is 25.3 Å². The van der Waals surface area contributed by atoms with Crippen LogP contribution in [0.2, 0.25) is 0 Å². The summed E-state index contributed by atoms with van der Waals surface area (Å²) >= 11 is 0. The monoisotopic (exact) mass is 260 g/mol. The molecule has 0 aromatic heterocycles. The summed E-state index contributed by atoms with van der Waals surface area (Å²) < 4.78 is 10.9. The molecule has 3 heterocycles. The summed E-state index contributed by atoms with van der Waals surface area (Å²) in [7, 11) is 0. The first-order valence-electron chi connectivity index (χ1n) is 7.29. The number of benzene rings is 1. The van der Waals surface area contributed by atoms with E-state index in [4.69, 9.17) is 9.47 Å². The van der Waals surface area contributed by atoms with Gasteiger partial charge in [0.25, 0.3) is 0 Å². The van der Waals surface area contributed by atoms with Gasteiger partial charge in [-0.25, -0.2) is 0 Å². The van der Waals surface area contributed by atoms with Crippen molar-refractivity contribution >= 4 is 5.69 Å². The highest BCUT2D eigenvalue weighted by atomic mass is 16.7. The minimum atomic E-state index is 0.356. The van der Waals surface area contributed by atoms with Crippen LogP contribution in [-0.2, 0) is 0 Å².